The number of benzene rings is 2. The smallest absolute Gasteiger partial charge is 0.339 e. The maximum Gasteiger partial charge on any atom is 0.339 e. The van der Waals surface area contributed by atoms with E-state index >= 15 is 0 Å². The van der Waals surface area contributed by atoms with Gasteiger partial charge in [0.25, 0.3) is 0 Å². The first-order valence-electron chi connectivity index (χ1n) is 8.84. The van der Waals surface area contributed by atoms with E-state index in [0.29, 0.717) is 40.3 Å². The van der Waals surface area contributed by atoms with Gasteiger partial charge >= 0.3 is 5.97 Å². The van der Waals surface area contributed by atoms with Crippen LogP contribution in [0.25, 0.3) is 0 Å². The van der Waals surface area contributed by atoms with E-state index in [4.69, 9.17) is 28.6 Å². The number of thioether (sulfide) groups is 1. The molecule has 4 nitrogen and oxygen atoms in total. The Morgan fingerprint density at radius 2 is 2.07 bits per heavy atom. The van der Waals surface area contributed by atoms with Gasteiger partial charge in [-0.05, 0) is 61.1 Å². The van der Waals surface area contributed by atoms with Crippen molar-refractivity contribution < 1.29 is 13.9 Å². The minimum absolute atomic E-state index is 0.161. The molecule has 0 amide bonds. The van der Waals surface area contributed by atoms with Gasteiger partial charge in [0.15, 0.2) is 5.11 Å². The van der Waals surface area contributed by atoms with E-state index in [2.05, 4.69) is 10.6 Å². The number of anilines is 1. The molecule has 0 heterocycles. The van der Waals surface area contributed by atoms with Gasteiger partial charge in [0.05, 0.1) is 17.2 Å². The Morgan fingerprint density at radius 3 is 2.79 bits per heavy atom. The molecule has 0 saturated heterocycles. The highest BCUT2D eigenvalue weighted by Gasteiger charge is 2.12. The molecular formula is C20H22ClFN2O2S2. The van der Waals surface area contributed by atoms with Gasteiger partial charge in [-0.1, -0.05) is 29.8 Å². The zero-order valence-electron chi connectivity index (χ0n) is 15.5. The van der Waals surface area contributed by atoms with Crippen molar-refractivity contribution >= 4 is 52.3 Å². The average Bonchev–Trinajstić information content (AvgIpc) is 2.66. The number of halogens is 2. The van der Waals surface area contributed by atoms with E-state index < -0.39 is 5.97 Å². The molecule has 0 saturated carbocycles. The Bertz CT molecular complexity index is 821. The number of carbonyl (C=O) groups excluding carboxylic acids is 1. The number of esters is 1. The summed E-state index contributed by atoms with van der Waals surface area (Å²) in [6.07, 6.45) is 0.892. The summed E-state index contributed by atoms with van der Waals surface area (Å²) in [6.45, 7) is 2.73. The van der Waals surface area contributed by atoms with Crippen LogP contribution in [-0.4, -0.2) is 30.0 Å². The molecule has 0 atom stereocenters. The molecule has 2 rings (SSSR count). The molecular weight excluding hydrogens is 419 g/mol. The molecule has 28 heavy (non-hydrogen) atoms. The topological polar surface area (TPSA) is 50.4 Å². The second-order valence-electron chi connectivity index (χ2n) is 5.79. The van der Waals surface area contributed by atoms with Crippen LogP contribution >= 0.6 is 35.6 Å². The highest BCUT2D eigenvalue weighted by molar-refractivity contribution is 7.98. The quantitative estimate of drug-likeness (QED) is 0.315. The van der Waals surface area contributed by atoms with Crippen molar-refractivity contribution in [3.63, 3.8) is 0 Å². The van der Waals surface area contributed by atoms with Crippen LogP contribution in [0.15, 0.2) is 42.5 Å². The van der Waals surface area contributed by atoms with Crippen LogP contribution in [0.3, 0.4) is 0 Å². The number of rotatable bonds is 9. The van der Waals surface area contributed by atoms with Crippen molar-refractivity contribution in [2.75, 3.05) is 24.2 Å². The van der Waals surface area contributed by atoms with Gasteiger partial charge in [-0.25, -0.2) is 9.18 Å². The molecule has 0 radical (unpaired) electrons. The summed E-state index contributed by atoms with van der Waals surface area (Å²) in [5.41, 5.74) is 1.73. The lowest BCUT2D eigenvalue weighted by Crippen LogP contribution is -2.29. The third kappa shape index (κ3) is 7.30. The van der Waals surface area contributed by atoms with Gasteiger partial charge in [-0.3, -0.25) is 0 Å². The molecule has 2 aromatic carbocycles. The average molecular weight is 441 g/mol. The zero-order chi connectivity index (χ0) is 20.4. The van der Waals surface area contributed by atoms with Gasteiger partial charge in [0.2, 0.25) is 0 Å². The summed E-state index contributed by atoms with van der Waals surface area (Å²) in [4.78, 5) is 11.7. The molecule has 0 aliphatic rings. The van der Waals surface area contributed by atoms with Crippen LogP contribution in [0.5, 0.6) is 0 Å². The zero-order valence-corrected chi connectivity index (χ0v) is 17.9. The second-order valence-corrected chi connectivity index (χ2v) is 7.71. The highest BCUT2D eigenvalue weighted by Crippen LogP contribution is 2.22. The van der Waals surface area contributed by atoms with E-state index in [9.17, 15) is 9.18 Å². The number of hydrogen-bond acceptors (Lipinski definition) is 4. The number of ether oxygens (including phenoxy) is 1. The molecule has 8 heteroatoms. The molecule has 2 aromatic rings. The highest BCUT2D eigenvalue weighted by atomic mass is 35.5. The fourth-order valence-corrected chi connectivity index (χ4v) is 3.74. The summed E-state index contributed by atoms with van der Waals surface area (Å²) in [5, 5.41) is 6.92. The van der Waals surface area contributed by atoms with Crippen molar-refractivity contribution in [3.8, 4) is 0 Å². The van der Waals surface area contributed by atoms with Crippen molar-refractivity contribution in [1.29, 1.82) is 0 Å². The predicted molar refractivity (Wildman–Crippen MR) is 119 cm³/mol. The van der Waals surface area contributed by atoms with E-state index in [1.165, 1.54) is 6.07 Å². The van der Waals surface area contributed by atoms with Crippen molar-refractivity contribution in [3.05, 3.63) is 64.4 Å². The third-order valence-electron chi connectivity index (χ3n) is 3.69. The lowest BCUT2D eigenvalue weighted by molar-refractivity contribution is 0.0526. The van der Waals surface area contributed by atoms with Gasteiger partial charge in [-0.15, -0.1) is 0 Å². The Morgan fingerprint density at radius 1 is 1.29 bits per heavy atom. The molecule has 0 unspecified atom stereocenters. The van der Waals surface area contributed by atoms with Crippen molar-refractivity contribution in [2.45, 2.75) is 19.1 Å². The van der Waals surface area contributed by atoms with E-state index in [-0.39, 0.29) is 5.82 Å². The molecule has 0 aromatic heterocycles. The van der Waals surface area contributed by atoms with Crippen LogP contribution in [0.2, 0.25) is 5.02 Å². The van der Waals surface area contributed by atoms with Gasteiger partial charge in [-0.2, -0.15) is 11.8 Å². The SMILES string of the molecule is CCOC(=O)c1ccc(NC(=S)NCCCSCc2ccccc2F)cc1Cl. The van der Waals surface area contributed by atoms with Crippen LogP contribution in [-0.2, 0) is 10.5 Å². The van der Waals surface area contributed by atoms with Crippen LogP contribution in [0.4, 0.5) is 10.1 Å². The van der Waals surface area contributed by atoms with Gasteiger partial charge in [0, 0.05) is 18.0 Å². The maximum absolute atomic E-state index is 13.5. The fraction of sp³-hybridized carbons (Fsp3) is 0.300. The number of thiocarbonyl (C=S) groups is 1. The van der Waals surface area contributed by atoms with Gasteiger partial charge < -0.3 is 15.4 Å². The minimum Gasteiger partial charge on any atom is -0.462 e. The predicted octanol–water partition coefficient (Wildman–Crippen LogP) is 5.27. The van der Waals surface area contributed by atoms with Crippen LogP contribution < -0.4 is 10.6 Å². The van der Waals surface area contributed by atoms with Crippen LogP contribution in [0.1, 0.15) is 29.3 Å². The fourth-order valence-electron chi connectivity index (χ4n) is 2.32. The second kappa shape index (κ2) is 11.9. The molecule has 0 fully saturated rings. The van der Waals surface area contributed by atoms with E-state index in [0.717, 1.165) is 17.7 Å². The van der Waals surface area contributed by atoms with Crippen LogP contribution in [0, 0.1) is 5.82 Å². The first-order valence-corrected chi connectivity index (χ1v) is 10.8. The first-order chi connectivity index (χ1) is 13.5. The molecule has 0 bridgehead atoms. The van der Waals surface area contributed by atoms with E-state index in [1.54, 1.807) is 49.0 Å². The minimum atomic E-state index is -0.451. The molecule has 0 aliphatic heterocycles. The molecule has 0 spiro atoms. The summed E-state index contributed by atoms with van der Waals surface area (Å²) in [5.74, 6) is 0.934. The van der Waals surface area contributed by atoms with Crippen molar-refractivity contribution in [2.24, 2.45) is 0 Å². The maximum atomic E-state index is 13.5. The van der Waals surface area contributed by atoms with Crippen molar-refractivity contribution in [1.82, 2.24) is 5.32 Å². The van der Waals surface area contributed by atoms with E-state index in [1.807, 2.05) is 6.07 Å². The molecule has 150 valence electrons. The number of carbonyl (C=O) groups is 1. The summed E-state index contributed by atoms with van der Waals surface area (Å²) >= 11 is 13.1. The standard InChI is InChI=1S/C20H22ClFN2O2S2/c1-2-26-19(25)16-9-8-15(12-17(16)21)24-20(27)23-10-5-11-28-13-14-6-3-4-7-18(14)22/h3-4,6-9,12H,2,5,10-11,13H2,1H3,(H2,23,24,27). The third-order valence-corrected chi connectivity index (χ3v) is 5.34. The summed E-state index contributed by atoms with van der Waals surface area (Å²) < 4.78 is 18.5. The Hall–Kier alpha value is -1.83. The molecule has 2 N–H and O–H groups in total. The lowest BCUT2D eigenvalue weighted by Gasteiger charge is -2.12. The Labute approximate surface area is 179 Å². The first kappa shape index (κ1) is 22.5. The normalized spacial score (nSPS) is 10.4. The van der Waals surface area contributed by atoms with Gasteiger partial charge in [0.1, 0.15) is 5.82 Å². The largest absolute Gasteiger partial charge is 0.462 e. The Kier molecular flexibility index (Phi) is 9.54. The molecule has 0 aliphatic carbocycles. The number of nitrogens with one attached hydrogen (secondary N) is 2. The summed E-state index contributed by atoms with van der Waals surface area (Å²) in [6, 6.07) is 11.8. The number of hydrogen-bond donors (Lipinski definition) is 2. The summed E-state index contributed by atoms with van der Waals surface area (Å²) in [7, 11) is 0. The Balaban J connectivity index is 1.68. The lowest BCUT2D eigenvalue weighted by atomic mass is 10.2. The monoisotopic (exact) mass is 440 g/mol.